The SMILES string of the molecule is O=C([O-])CCN(C(=O)[C@H]1[C@@H](C(=O)[O-])[C@H]2C=C[C@@H]1C2)c1ccccc1. The number of carboxylic acids is 2. The molecule has 0 unspecified atom stereocenters. The fourth-order valence-electron chi connectivity index (χ4n) is 3.84. The number of para-hydroxylation sites is 1. The number of allylic oxidation sites excluding steroid dienone is 2. The molecule has 1 amide bonds. The zero-order valence-electron chi connectivity index (χ0n) is 13.0. The summed E-state index contributed by atoms with van der Waals surface area (Å²) >= 11 is 0. The Morgan fingerprint density at radius 2 is 1.62 bits per heavy atom. The molecule has 2 aliphatic rings. The predicted octanol–water partition coefficient (Wildman–Crippen LogP) is -0.652. The number of fused-ring (bicyclic) bond motifs is 2. The van der Waals surface area contributed by atoms with Gasteiger partial charge >= 0.3 is 0 Å². The quantitative estimate of drug-likeness (QED) is 0.646. The van der Waals surface area contributed by atoms with Gasteiger partial charge in [-0.2, -0.15) is 0 Å². The molecule has 1 aromatic carbocycles. The molecule has 3 rings (SSSR count). The Hall–Kier alpha value is -2.63. The summed E-state index contributed by atoms with van der Waals surface area (Å²) in [6, 6.07) is 8.67. The van der Waals surface area contributed by atoms with Crippen LogP contribution >= 0.6 is 0 Å². The fraction of sp³-hybridized carbons (Fsp3) is 0.389. The van der Waals surface area contributed by atoms with Gasteiger partial charge in [0.2, 0.25) is 5.91 Å². The second-order valence-corrected chi connectivity index (χ2v) is 6.27. The molecule has 6 heteroatoms. The first kappa shape index (κ1) is 16.2. The van der Waals surface area contributed by atoms with Gasteiger partial charge in [-0.15, -0.1) is 0 Å². The Bertz CT molecular complexity index is 684. The highest BCUT2D eigenvalue weighted by molar-refractivity contribution is 5.98. The first-order valence-corrected chi connectivity index (χ1v) is 7.94. The van der Waals surface area contributed by atoms with Gasteiger partial charge in [0.25, 0.3) is 0 Å². The van der Waals surface area contributed by atoms with Crippen LogP contribution in [0.2, 0.25) is 0 Å². The number of amides is 1. The van der Waals surface area contributed by atoms with E-state index in [1.807, 2.05) is 12.2 Å². The summed E-state index contributed by atoms with van der Waals surface area (Å²) in [4.78, 5) is 36.7. The van der Waals surface area contributed by atoms with E-state index in [-0.39, 0.29) is 30.7 Å². The average Bonchev–Trinajstić information content (AvgIpc) is 3.16. The van der Waals surface area contributed by atoms with Crippen molar-refractivity contribution < 1.29 is 24.6 Å². The lowest BCUT2D eigenvalue weighted by atomic mass is 9.82. The summed E-state index contributed by atoms with van der Waals surface area (Å²) in [6.07, 6.45) is 4.03. The first-order valence-electron chi connectivity index (χ1n) is 7.94. The number of carbonyl (C=O) groups excluding carboxylic acids is 3. The van der Waals surface area contributed by atoms with Gasteiger partial charge in [0.15, 0.2) is 0 Å². The number of benzene rings is 1. The van der Waals surface area contributed by atoms with Gasteiger partial charge in [-0.05, 0) is 30.4 Å². The van der Waals surface area contributed by atoms with Gasteiger partial charge in [0, 0.05) is 36.5 Å². The molecule has 0 saturated heterocycles. The number of nitrogens with zero attached hydrogens (tertiary/aromatic N) is 1. The standard InChI is InChI=1S/C18H19NO5/c20-14(21)8-9-19(13-4-2-1-3-5-13)17(22)15-11-6-7-12(10-11)16(15)18(23)24/h1-7,11-12,15-16H,8-10H2,(H,20,21)(H,23,24)/p-2/t11-,12+,15-,16+/m1/s1. The number of aliphatic carboxylic acids is 2. The van der Waals surface area contributed by atoms with Crippen molar-refractivity contribution in [2.24, 2.45) is 23.7 Å². The first-order chi connectivity index (χ1) is 11.5. The van der Waals surface area contributed by atoms with Crippen molar-refractivity contribution in [2.45, 2.75) is 12.8 Å². The third kappa shape index (κ3) is 2.91. The Balaban J connectivity index is 1.89. The molecule has 24 heavy (non-hydrogen) atoms. The lowest BCUT2D eigenvalue weighted by molar-refractivity contribution is -0.314. The zero-order chi connectivity index (χ0) is 17.3. The molecule has 1 fully saturated rings. The van der Waals surface area contributed by atoms with E-state index >= 15 is 0 Å². The largest absolute Gasteiger partial charge is 0.550 e. The molecule has 1 aromatic rings. The van der Waals surface area contributed by atoms with Crippen LogP contribution < -0.4 is 15.1 Å². The summed E-state index contributed by atoms with van der Waals surface area (Å²) in [5, 5.41) is 22.3. The number of rotatable bonds is 6. The van der Waals surface area contributed by atoms with Crippen molar-refractivity contribution in [1.82, 2.24) is 0 Å². The van der Waals surface area contributed by atoms with Crippen LogP contribution in [-0.4, -0.2) is 24.4 Å². The third-order valence-electron chi connectivity index (χ3n) is 4.89. The molecule has 126 valence electrons. The normalized spacial score (nSPS) is 27.2. The third-order valence-corrected chi connectivity index (χ3v) is 4.89. The molecule has 0 N–H and O–H groups in total. The lowest BCUT2D eigenvalue weighted by Crippen LogP contribution is -2.47. The maximum atomic E-state index is 13.1. The molecule has 6 nitrogen and oxygen atoms in total. The number of carboxylic acid groups (broad SMARTS) is 2. The fourth-order valence-corrected chi connectivity index (χ4v) is 3.84. The van der Waals surface area contributed by atoms with Crippen LogP contribution in [0.4, 0.5) is 5.69 Å². The maximum Gasteiger partial charge on any atom is 0.231 e. The smallest absolute Gasteiger partial charge is 0.231 e. The van der Waals surface area contributed by atoms with E-state index in [4.69, 9.17) is 0 Å². The van der Waals surface area contributed by atoms with E-state index < -0.39 is 23.8 Å². The molecule has 0 heterocycles. The van der Waals surface area contributed by atoms with Gasteiger partial charge < -0.3 is 24.7 Å². The van der Waals surface area contributed by atoms with Crippen LogP contribution in [0.1, 0.15) is 12.8 Å². The Labute approximate surface area is 139 Å². The minimum atomic E-state index is -1.26. The topological polar surface area (TPSA) is 101 Å². The van der Waals surface area contributed by atoms with Gasteiger partial charge in [0.1, 0.15) is 0 Å². The van der Waals surface area contributed by atoms with Gasteiger partial charge in [-0.1, -0.05) is 30.4 Å². The minimum Gasteiger partial charge on any atom is -0.550 e. The van der Waals surface area contributed by atoms with E-state index in [0.717, 1.165) is 0 Å². The summed E-state index contributed by atoms with van der Waals surface area (Å²) in [5.74, 6) is -4.75. The summed E-state index contributed by atoms with van der Waals surface area (Å²) < 4.78 is 0. The second kappa shape index (κ2) is 6.47. The van der Waals surface area contributed by atoms with E-state index in [1.165, 1.54) is 4.90 Å². The van der Waals surface area contributed by atoms with Crippen molar-refractivity contribution in [2.75, 3.05) is 11.4 Å². The highest BCUT2D eigenvalue weighted by Crippen LogP contribution is 2.48. The molecule has 2 bridgehead atoms. The molecule has 2 aliphatic carbocycles. The van der Waals surface area contributed by atoms with E-state index in [1.54, 1.807) is 30.3 Å². The minimum absolute atomic E-state index is 0.0530. The van der Waals surface area contributed by atoms with Crippen LogP contribution in [0.15, 0.2) is 42.5 Å². The van der Waals surface area contributed by atoms with Crippen molar-refractivity contribution in [3.63, 3.8) is 0 Å². The van der Waals surface area contributed by atoms with Gasteiger partial charge in [-0.3, -0.25) is 4.79 Å². The monoisotopic (exact) mass is 327 g/mol. The Morgan fingerprint density at radius 3 is 2.21 bits per heavy atom. The van der Waals surface area contributed by atoms with Gasteiger partial charge in [-0.25, -0.2) is 0 Å². The van der Waals surface area contributed by atoms with Crippen molar-refractivity contribution >= 4 is 23.5 Å². The molecule has 0 aliphatic heterocycles. The highest BCUT2D eigenvalue weighted by Gasteiger charge is 2.49. The van der Waals surface area contributed by atoms with Crippen LogP contribution in [-0.2, 0) is 14.4 Å². The summed E-state index contributed by atoms with van der Waals surface area (Å²) in [5.41, 5.74) is 0.549. The van der Waals surface area contributed by atoms with Crippen molar-refractivity contribution in [3.05, 3.63) is 42.5 Å². The Kier molecular flexibility index (Phi) is 4.38. The van der Waals surface area contributed by atoms with Crippen molar-refractivity contribution in [3.8, 4) is 0 Å². The number of hydrogen-bond donors (Lipinski definition) is 0. The second-order valence-electron chi connectivity index (χ2n) is 6.27. The molecule has 4 atom stereocenters. The molecule has 1 saturated carbocycles. The molecule has 0 aromatic heterocycles. The van der Waals surface area contributed by atoms with E-state index in [0.29, 0.717) is 12.1 Å². The number of hydrogen-bond acceptors (Lipinski definition) is 5. The van der Waals surface area contributed by atoms with Crippen LogP contribution in [0.3, 0.4) is 0 Å². The van der Waals surface area contributed by atoms with Crippen LogP contribution in [0.5, 0.6) is 0 Å². The molecule has 0 radical (unpaired) electrons. The zero-order valence-corrected chi connectivity index (χ0v) is 13.0. The van der Waals surface area contributed by atoms with Gasteiger partial charge in [0.05, 0.1) is 5.92 Å². The van der Waals surface area contributed by atoms with E-state index in [2.05, 4.69) is 0 Å². The van der Waals surface area contributed by atoms with Crippen LogP contribution in [0, 0.1) is 23.7 Å². The van der Waals surface area contributed by atoms with Crippen molar-refractivity contribution in [1.29, 1.82) is 0 Å². The number of carbonyl (C=O) groups is 3. The predicted molar refractivity (Wildman–Crippen MR) is 81.1 cm³/mol. The Morgan fingerprint density at radius 1 is 1.00 bits per heavy atom. The molecular formula is C18H17NO5-2. The highest BCUT2D eigenvalue weighted by atomic mass is 16.4. The van der Waals surface area contributed by atoms with E-state index in [9.17, 15) is 24.6 Å². The van der Waals surface area contributed by atoms with Crippen LogP contribution in [0.25, 0.3) is 0 Å². The molecular weight excluding hydrogens is 310 g/mol. The lowest BCUT2D eigenvalue weighted by Gasteiger charge is -2.33. The molecule has 0 spiro atoms. The maximum absolute atomic E-state index is 13.1. The summed E-state index contributed by atoms with van der Waals surface area (Å²) in [6.45, 7) is -0.0530. The number of anilines is 1. The summed E-state index contributed by atoms with van der Waals surface area (Å²) in [7, 11) is 0. The average molecular weight is 327 g/mol.